The largest absolute Gasteiger partial charge is 0.370 e. The first-order chi connectivity index (χ1) is 11.5. The van der Waals surface area contributed by atoms with Gasteiger partial charge in [0, 0.05) is 17.0 Å². The third-order valence-electron chi connectivity index (χ3n) is 4.66. The van der Waals surface area contributed by atoms with Crippen LogP contribution in [0.15, 0.2) is 23.4 Å². The molecule has 0 saturated heterocycles. The van der Waals surface area contributed by atoms with Gasteiger partial charge in [-0.05, 0) is 36.4 Å². The van der Waals surface area contributed by atoms with E-state index in [0.29, 0.717) is 35.0 Å². The second kappa shape index (κ2) is 6.15. The molecular formula is C17H16Cl2N2O2S. The molecule has 2 aliphatic heterocycles. The number of benzene rings is 1. The van der Waals surface area contributed by atoms with Gasteiger partial charge in [0.1, 0.15) is 10.8 Å². The second-order valence-corrected chi connectivity index (χ2v) is 7.64. The molecule has 24 heavy (non-hydrogen) atoms. The molecule has 4 nitrogen and oxygen atoms in total. The molecule has 1 aromatic carbocycles. The molecule has 2 atom stereocenters. The fourth-order valence-electron chi connectivity index (χ4n) is 3.36. The summed E-state index contributed by atoms with van der Waals surface area (Å²) in [7, 11) is 0. The van der Waals surface area contributed by atoms with E-state index in [1.807, 2.05) is 31.4 Å². The number of nitrogens with zero attached hydrogens (tertiary/aromatic N) is 2. The number of hydrogen-bond acceptors (Lipinski definition) is 5. The average Bonchev–Trinajstić information content (AvgIpc) is 2.58. The number of rotatable bonds is 1. The summed E-state index contributed by atoms with van der Waals surface area (Å²) in [6.45, 7) is 2.88. The molecule has 126 valence electrons. The Morgan fingerprint density at radius 3 is 2.92 bits per heavy atom. The van der Waals surface area contributed by atoms with Crippen LogP contribution in [-0.4, -0.2) is 22.8 Å². The van der Waals surface area contributed by atoms with Crippen molar-refractivity contribution < 1.29 is 9.47 Å². The average molecular weight is 383 g/mol. The van der Waals surface area contributed by atoms with Crippen LogP contribution in [-0.2, 0) is 28.1 Å². The Labute approximate surface area is 154 Å². The maximum Gasteiger partial charge on any atom is 0.188 e. The predicted octanol–water partition coefficient (Wildman–Crippen LogP) is 4.56. The quantitative estimate of drug-likeness (QED) is 0.410. The summed E-state index contributed by atoms with van der Waals surface area (Å²) in [5.74, 6) is 0. The molecule has 2 aromatic rings. The minimum Gasteiger partial charge on any atom is -0.370 e. The van der Waals surface area contributed by atoms with Crippen LogP contribution in [0.3, 0.4) is 0 Å². The lowest BCUT2D eigenvalue weighted by Gasteiger charge is -2.43. The normalized spacial score (nSPS) is 25.4. The Balaban J connectivity index is 1.83. The van der Waals surface area contributed by atoms with E-state index >= 15 is 0 Å². The van der Waals surface area contributed by atoms with Gasteiger partial charge >= 0.3 is 0 Å². The number of aromatic nitrogens is 2. The van der Waals surface area contributed by atoms with Gasteiger partial charge in [-0.25, -0.2) is 9.97 Å². The molecule has 0 bridgehead atoms. The van der Waals surface area contributed by atoms with Crippen LogP contribution in [0.2, 0.25) is 10.2 Å². The summed E-state index contributed by atoms with van der Waals surface area (Å²) in [4.78, 5) is 8.95. The number of fused-ring (bicyclic) bond motifs is 3. The van der Waals surface area contributed by atoms with Crippen molar-refractivity contribution >= 4 is 35.0 Å². The first kappa shape index (κ1) is 16.6. The van der Waals surface area contributed by atoms with Crippen LogP contribution in [0.5, 0.6) is 0 Å². The van der Waals surface area contributed by atoms with Crippen LogP contribution in [0.25, 0.3) is 0 Å². The number of hydrogen-bond donors (Lipinski definition) is 0. The van der Waals surface area contributed by atoms with Gasteiger partial charge in [-0.3, -0.25) is 0 Å². The highest BCUT2D eigenvalue weighted by atomic mass is 35.5. The molecule has 1 aromatic heterocycles. The van der Waals surface area contributed by atoms with E-state index in [0.717, 1.165) is 22.4 Å². The molecule has 7 heteroatoms. The van der Waals surface area contributed by atoms with Crippen molar-refractivity contribution in [2.75, 3.05) is 12.9 Å². The first-order valence-electron chi connectivity index (χ1n) is 7.67. The van der Waals surface area contributed by atoms with Crippen molar-refractivity contribution in [3.8, 4) is 0 Å². The zero-order chi connectivity index (χ0) is 16.9. The van der Waals surface area contributed by atoms with Crippen molar-refractivity contribution in [2.24, 2.45) is 0 Å². The third-order valence-corrected chi connectivity index (χ3v) is 5.76. The summed E-state index contributed by atoms with van der Waals surface area (Å²) in [6, 6.07) is 5.89. The van der Waals surface area contributed by atoms with Crippen molar-refractivity contribution in [3.63, 3.8) is 0 Å². The minimum absolute atomic E-state index is 0.0173. The lowest BCUT2D eigenvalue weighted by molar-refractivity contribution is -0.148. The van der Waals surface area contributed by atoms with Gasteiger partial charge in [0.15, 0.2) is 5.16 Å². The minimum atomic E-state index is -0.576. The topological polar surface area (TPSA) is 44.2 Å². The van der Waals surface area contributed by atoms with Crippen molar-refractivity contribution in [3.05, 3.63) is 50.8 Å². The fraction of sp³-hybridized carbons (Fsp3) is 0.412. The second-order valence-electron chi connectivity index (χ2n) is 6.07. The summed E-state index contributed by atoms with van der Waals surface area (Å²) in [6.07, 6.45) is 2.55. The summed E-state index contributed by atoms with van der Waals surface area (Å²) >= 11 is 14.0. The van der Waals surface area contributed by atoms with Crippen molar-refractivity contribution in [1.82, 2.24) is 9.97 Å². The van der Waals surface area contributed by atoms with E-state index in [-0.39, 0.29) is 6.10 Å². The zero-order valence-electron chi connectivity index (χ0n) is 13.3. The third kappa shape index (κ3) is 2.63. The molecule has 2 unspecified atom stereocenters. The predicted molar refractivity (Wildman–Crippen MR) is 94.8 cm³/mol. The summed E-state index contributed by atoms with van der Waals surface area (Å²) in [5.41, 5.74) is 3.41. The van der Waals surface area contributed by atoms with Crippen molar-refractivity contribution in [1.29, 1.82) is 0 Å². The van der Waals surface area contributed by atoms with E-state index in [1.165, 1.54) is 11.8 Å². The molecule has 3 heterocycles. The molecule has 0 N–H and O–H groups in total. The molecule has 1 spiro atoms. The van der Waals surface area contributed by atoms with Crippen molar-refractivity contribution in [2.45, 2.75) is 36.8 Å². The number of halogens is 2. The van der Waals surface area contributed by atoms with Gasteiger partial charge in [0.05, 0.1) is 25.0 Å². The van der Waals surface area contributed by atoms with Gasteiger partial charge < -0.3 is 9.47 Å². The van der Waals surface area contributed by atoms with E-state index in [4.69, 9.17) is 32.7 Å². The van der Waals surface area contributed by atoms with Crippen LogP contribution in [0.4, 0.5) is 0 Å². The Morgan fingerprint density at radius 1 is 1.29 bits per heavy atom. The smallest absolute Gasteiger partial charge is 0.188 e. The van der Waals surface area contributed by atoms with Gasteiger partial charge in [0.25, 0.3) is 0 Å². The molecule has 0 aliphatic carbocycles. The molecule has 0 saturated carbocycles. The van der Waals surface area contributed by atoms with Crippen LogP contribution >= 0.6 is 35.0 Å². The fourth-order valence-corrected chi connectivity index (χ4v) is 4.21. The van der Waals surface area contributed by atoms with Gasteiger partial charge in [-0.1, -0.05) is 41.0 Å². The van der Waals surface area contributed by atoms with E-state index in [2.05, 4.69) is 9.97 Å². The lowest BCUT2D eigenvalue weighted by atomic mass is 9.81. The molecule has 0 amide bonds. The van der Waals surface area contributed by atoms with Gasteiger partial charge in [0.2, 0.25) is 0 Å². The van der Waals surface area contributed by atoms with Crippen LogP contribution in [0, 0.1) is 0 Å². The Bertz CT molecular complexity index is 817. The molecular weight excluding hydrogens is 367 g/mol. The van der Waals surface area contributed by atoms with Crippen LogP contribution in [0.1, 0.15) is 35.4 Å². The standard InChI is InChI=1S/C17H16Cl2N2O2S/c1-9-11-4-3-10(18)5-13(11)17(8-22-9)6-14-12(7-23-17)15(19)21-16(20-14)24-2/h3-5,9H,6-8H2,1-2H3. The van der Waals surface area contributed by atoms with Gasteiger partial charge in [-0.15, -0.1) is 0 Å². The highest BCUT2D eigenvalue weighted by molar-refractivity contribution is 7.98. The summed E-state index contributed by atoms with van der Waals surface area (Å²) in [5, 5.41) is 1.84. The maximum absolute atomic E-state index is 6.31. The molecule has 0 fully saturated rings. The molecule has 0 radical (unpaired) electrons. The maximum atomic E-state index is 6.31. The Morgan fingerprint density at radius 2 is 2.12 bits per heavy atom. The SMILES string of the molecule is CSc1nc(Cl)c2c(n1)CC1(COC(C)c3ccc(Cl)cc31)OC2. The molecule has 4 rings (SSSR count). The highest BCUT2D eigenvalue weighted by Crippen LogP contribution is 2.45. The summed E-state index contributed by atoms with van der Waals surface area (Å²) < 4.78 is 12.3. The van der Waals surface area contributed by atoms with Crippen LogP contribution < -0.4 is 0 Å². The van der Waals surface area contributed by atoms with E-state index in [1.54, 1.807) is 0 Å². The highest BCUT2D eigenvalue weighted by Gasteiger charge is 2.44. The van der Waals surface area contributed by atoms with Gasteiger partial charge in [-0.2, -0.15) is 0 Å². The first-order valence-corrected chi connectivity index (χ1v) is 9.65. The lowest BCUT2D eigenvalue weighted by Crippen LogP contribution is -2.44. The van der Waals surface area contributed by atoms with E-state index < -0.39 is 5.60 Å². The number of thioether (sulfide) groups is 1. The monoisotopic (exact) mass is 382 g/mol. The Kier molecular flexibility index (Phi) is 4.25. The Hall–Kier alpha value is -0.850. The number of ether oxygens (including phenoxy) is 2. The molecule has 2 aliphatic rings. The zero-order valence-corrected chi connectivity index (χ0v) is 15.6. The van der Waals surface area contributed by atoms with E-state index in [9.17, 15) is 0 Å².